The minimum Gasteiger partial charge on any atom is -0.308 e. The van der Waals surface area contributed by atoms with Crippen molar-refractivity contribution in [2.75, 3.05) is 6.54 Å². The van der Waals surface area contributed by atoms with Gasteiger partial charge in [-0.15, -0.1) is 0 Å². The molecule has 0 aliphatic carbocycles. The van der Waals surface area contributed by atoms with Crippen LogP contribution in [-0.4, -0.2) is 6.54 Å². The maximum Gasteiger partial charge on any atom is 0.0449 e. The largest absolute Gasteiger partial charge is 0.308 e. The lowest BCUT2D eigenvalue weighted by Crippen LogP contribution is -2.33. The highest BCUT2D eigenvalue weighted by molar-refractivity contribution is 9.10. The van der Waals surface area contributed by atoms with Gasteiger partial charge in [-0.05, 0) is 56.5 Å². The number of hydrogen-bond donors (Lipinski definition) is 1. The van der Waals surface area contributed by atoms with Crippen molar-refractivity contribution in [1.82, 2.24) is 5.32 Å². The maximum atomic E-state index is 6.20. The van der Waals surface area contributed by atoms with Gasteiger partial charge in [0.15, 0.2) is 0 Å². The summed E-state index contributed by atoms with van der Waals surface area (Å²) in [6, 6.07) is 4.14. The van der Waals surface area contributed by atoms with Gasteiger partial charge < -0.3 is 5.32 Å². The van der Waals surface area contributed by atoms with Crippen LogP contribution in [-0.2, 0) is 5.54 Å². The van der Waals surface area contributed by atoms with E-state index in [4.69, 9.17) is 11.6 Å². The van der Waals surface area contributed by atoms with Crippen LogP contribution in [0.2, 0.25) is 5.02 Å². The number of hydrogen-bond acceptors (Lipinski definition) is 1. The van der Waals surface area contributed by atoms with Crippen molar-refractivity contribution in [3.63, 3.8) is 0 Å². The molecule has 1 saturated heterocycles. The molecule has 3 heteroatoms. The number of benzene rings is 1. The number of rotatable bonds is 1. The van der Waals surface area contributed by atoms with Gasteiger partial charge in [0, 0.05) is 15.0 Å². The summed E-state index contributed by atoms with van der Waals surface area (Å²) in [4.78, 5) is 0. The molecule has 2 rings (SSSR count). The SMILES string of the molecule is Cc1c(Cl)cc(Br)cc1C1(C)CCCN1. The summed E-state index contributed by atoms with van der Waals surface area (Å²) in [5.74, 6) is 0. The van der Waals surface area contributed by atoms with E-state index in [0.29, 0.717) is 0 Å². The highest BCUT2D eigenvalue weighted by Gasteiger charge is 2.31. The van der Waals surface area contributed by atoms with Crippen LogP contribution in [0.1, 0.15) is 30.9 Å². The Balaban J connectivity index is 2.51. The topological polar surface area (TPSA) is 12.0 Å². The Morgan fingerprint density at radius 2 is 2.20 bits per heavy atom. The summed E-state index contributed by atoms with van der Waals surface area (Å²) in [5, 5.41) is 4.41. The average Bonchev–Trinajstić information content (AvgIpc) is 2.59. The molecule has 1 aromatic rings. The lowest BCUT2D eigenvalue weighted by atomic mass is 9.87. The Morgan fingerprint density at radius 1 is 1.47 bits per heavy atom. The van der Waals surface area contributed by atoms with Crippen molar-refractivity contribution < 1.29 is 0 Å². The van der Waals surface area contributed by atoms with Crippen LogP contribution in [0.5, 0.6) is 0 Å². The first-order valence-electron chi connectivity index (χ1n) is 5.24. The number of halogens is 2. The first kappa shape index (κ1) is 11.4. The lowest BCUT2D eigenvalue weighted by molar-refractivity contribution is 0.432. The van der Waals surface area contributed by atoms with E-state index in [-0.39, 0.29) is 5.54 Å². The molecule has 1 aromatic carbocycles. The Labute approximate surface area is 104 Å². The molecule has 1 nitrogen and oxygen atoms in total. The zero-order chi connectivity index (χ0) is 11.1. The zero-order valence-corrected chi connectivity index (χ0v) is 11.4. The van der Waals surface area contributed by atoms with Crippen LogP contribution in [0.3, 0.4) is 0 Å². The van der Waals surface area contributed by atoms with Gasteiger partial charge in [0.05, 0.1) is 0 Å². The van der Waals surface area contributed by atoms with Crippen molar-refractivity contribution >= 4 is 27.5 Å². The Morgan fingerprint density at radius 3 is 2.80 bits per heavy atom. The smallest absolute Gasteiger partial charge is 0.0449 e. The summed E-state index contributed by atoms with van der Waals surface area (Å²) in [5.41, 5.74) is 2.61. The van der Waals surface area contributed by atoms with E-state index in [1.54, 1.807) is 0 Å². The molecule has 0 bridgehead atoms. The van der Waals surface area contributed by atoms with Gasteiger partial charge in [-0.2, -0.15) is 0 Å². The third-order valence-electron chi connectivity index (χ3n) is 3.27. The van der Waals surface area contributed by atoms with E-state index in [2.05, 4.69) is 41.2 Å². The molecule has 1 unspecified atom stereocenters. The van der Waals surface area contributed by atoms with Gasteiger partial charge in [0.25, 0.3) is 0 Å². The summed E-state index contributed by atoms with van der Waals surface area (Å²) in [6.07, 6.45) is 2.42. The van der Waals surface area contributed by atoms with Gasteiger partial charge in [-0.1, -0.05) is 27.5 Å². The molecular formula is C12H15BrClN. The molecule has 0 aromatic heterocycles. The molecule has 1 aliphatic heterocycles. The predicted octanol–water partition coefficient (Wildman–Crippen LogP) is 4.01. The first-order valence-corrected chi connectivity index (χ1v) is 6.41. The predicted molar refractivity (Wildman–Crippen MR) is 68.5 cm³/mol. The Hall–Kier alpha value is -0.0500. The fraction of sp³-hybridized carbons (Fsp3) is 0.500. The zero-order valence-electron chi connectivity index (χ0n) is 9.03. The van der Waals surface area contributed by atoms with E-state index in [1.807, 2.05) is 6.07 Å². The van der Waals surface area contributed by atoms with Gasteiger partial charge >= 0.3 is 0 Å². The summed E-state index contributed by atoms with van der Waals surface area (Å²) in [6.45, 7) is 5.44. The summed E-state index contributed by atoms with van der Waals surface area (Å²) in [7, 11) is 0. The van der Waals surface area contributed by atoms with Gasteiger partial charge in [-0.25, -0.2) is 0 Å². The molecule has 15 heavy (non-hydrogen) atoms. The average molecular weight is 289 g/mol. The van der Waals surface area contributed by atoms with Crippen molar-refractivity contribution in [2.45, 2.75) is 32.2 Å². The molecule has 0 saturated carbocycles. The third-order valence-corrected chi connectivity index (χ3v) is 4.12. The molecule has 1 fully saturated rings. The standard InChI is InChI=1S/C12H15BrClN/c1-8-10(6-9(13)7-11(8)14)12(2)4-3-5-15-12/h6-7,15H,3-5H2,1-2H3. The summed E-state index contributed by atoms with van der Waals surface area (Å²) < 4.78 is 1.06. The van der Waals surface area contributed by atoms with Crippen LogP contribution in [0.15, 0.2) is 16.6 Å². The minimum absolute atomic E-state index is 0.0947. The Kier molecular flexibility index (Phi) is 3.11. The normalized spacial score (nSPS) is 25.9. The molecular weight excluding hydrogens is 273 g/mol. The van der Waals surface area contributed by atoms with E-state index in [9.17, 15) is 0 Å². The van der Waals surface area contributed by atoms with Crippen LogP contribution in [0.25, 0.3) is 0 Å². The molecule has 1 N–H and O–H groups in total. The van der Waals surface area contributed by atoms with Crippen LogP contribution in [0, 0.1) is 6.92 Å². The second kappa shape index (κ2) is 4.08. The molecule has 1 heterocycles. The van der Waals surface area contributed by atoms with Gasteiger partial charge in [0.2, 0.25) is 0 Å². The van der Waals surface area contributed by atoms with Crippen molar-refractivity contribution in [2.24, 2.45) is 0 Å². The van der Waals surface area contributed by atoms with E-state index in [0.717, 1.165) is 16.0 Å². The molecule has 1 aliphatic rings. The molecule has 0 spiro atoms. The Bertz CT molecular complexity index is 383. The maximum absolute atomic E-state index is 6.20. The monoisotopic (exact) mass is 287 g/mol. The van der Waals surface area contributed by atoms with Crippen LogP contribution >= 0.6 is 27.5 Å². The molecule has 82 valence electrons. The molecule has 1 atom stereocenters. The quantitative estimate of drug-likeness (QED) is 0.823. The number of nitrogens with one attached hydrogen (secondary N) is 1. The minimum atomic E-state index is 0.0947. The first-order chi connectivity index (χ1) is 7.03. The van der Waals surface area contributed by atoms with Crippen LogP contribution in [0.4, 0.5) is 0 Å². The van der Waals surface area contributed by atoms with Gasteiger partial charge in [-0.3, -0.25) is 0 Å². The van der Waals surface area contributed by atoms with E-state index in [1.165, 1.54) is 24.0 Å². The molecule has 0 amide bonds. The van der Waals surface area contributed by atoms with E-state index >= 15 is 0 Å². The lowest BCUT2D eigenvalue weighted by Gasteiger charge is -2.27. The van der Waals surface area contributed by atoms with Crippen molar-refractivity contribution in [1.29, 1.82) is 0 Å². The highest BCUT2D eigenvalue weighted by Crippen LogP contribution is 2.36. The second-order valence-corrected chi connectivity index (χ2v) is 5.75. The highest BCUT2D eigenvalue weighted by atomic mass is 79.9. The summed E-state index contributed by atoms with van der Waals surface area (Å²) >= 11 is 9.71. The van der Waals surface area contributed by atoms with E-state index < -0.39 is 0 Å². The second-order valence-electron chi connectivity index (χ2n) is 4.42. The van der Waals surface area contributed by atoms with Crippen molar-refractivity contribution in [3.05, 3.63) is 32.8 Å². The van der Waals surface area contributed by atoms with Gasteiger partial charge in [0.1, 0.15) is 0 Å². The van der Waals surface area contributed by atoms with Crippen molar-refractivity contribution in [3.8, 4) is 0 Å². The fourth-order valence-corrected chi connectivity index (χ4v) is 3.15. The van der Waals surface area contributed by atoms with Crippen LogP contribution < -0.4 is 5.32 Å². The third kappa shape index (κ3) is 2.08. The molecule has 0 radical (unpaired) electrons. The fourth-order valence-electron chi connectivity index (χ4n) is 2.34.